The van der Waals surface area contributed by atoms with Crippen molar-refractivity contribution in [2.45, 2.75) is 6.92 Å². The largest absolute Gasteiger partial charge is 0.395 e. The number of rotatable bonds is 4. The van der Waals surface area contributed by atoms with Gasteiger partial charge in [-0.2, -0.15) is 0 Å². The van der Waals surface area contributed by atoms with Gasteiger partial charge in [0, 0.05) is 38.3 Å². The van der Waals surface area contributed by atoms with Crippen molar-refractivity contribution >= 4 is 23.1 Å². The number of halogens is 1. The molecule has 4 nitrogen and oxygen atoms in total. The summed E-state index contributed by atoms with van der Waals surface area (Å²) >= 11 is 6.26. The first-order valence-corrected chi connectivity index (χ1v) is 6.88. The van der Waals surface area contributed by atoms with Crippen molar-refractivity contribution in [1.29, 1.82) is 0 Å². The molecule has 0 spiro atoms. The van der Waals surface area contributed by atoms with Crippen LogP contribution in [0.3, 0.4) is 0 Å². The molecule has 19 heavy (non-hydrogen) atoms. The number of Topliss-reactive ketones (excluding diaryl/α,β-unsaturated/α-hetero) is 1. The molecule has 0 saturated carbocycles. The van der Waals surface area contributed by atoms with E-state index in [0.29, 0.717) is 10.6 Å². The van der Waals surface area contributed by atoms with E-state index in [2.05, 4.69) is 9.80 Å². The van der Waals surface area contributed by atoms with E-state index in [1.807, 2.05) is 12.1 Å². The van der Waals surface area contributed by atoms with Crippen molar-refractivity contribution in [1.82, 2.24) is 4.90 Å². The number of ketones is 1. The lowest BCUT2D eigenvalue weighted by Gasteiger charge is -2.36. The normalized spacial score (nSPS) is 16.7. The first-order valence-electron chi connectivity index (χ1n) is 6.50. The summed E-state index contributed by atoms with van der Waals surface area (Å²) in [4.78, 5) is 15.8. The quantitative estimate of drug-likeness (QED) is 0.853. The Hall–Kier alpha value is -1.10. The fourth-order valence-electron chi connectivity index (χ4n) is 2.34. The monoisotopic (exact) mass is 282 g/mol. The zero-order valence-electron chi connectivity index (χ0n) is 11.1. The molecule has 1 aliphatic heterocycles. The minimum Gasteiger partial charge on any atom is -0.395 e. The molecule has 0 unspecified atom stereocenters. The lowest BCUT2D eigenvalue weighted by atomic mass is 10.1. The summed E-state index contributed by atoms with van der Waals surface area (Å²) in [6, 6.07) is 5.48. The Morgan fingerprint density at radius 1 is 1.32 bits per heavy atom. The highest BCUT2D eigenvalue weighted by Crippen LogP contribution is 2.27. The van der Waals surface area contributed by atoms with Gasteiger partial charge in [-0.25, -0.2) is 0 Å². The third-order valence-electron chi connectivity index (χ3n) is 3.48. The lowest BCUT2D eigenvalue weighted by Crippen LogP contribution is -2.47. The number of benzene rings is 1. The highest BCUT2D eigenvalue weighted by Gasteiger charge is 2.18. The summed E-state index contributed by atoms with van der Waals surface area (Å²) in [5.41, 5.74) is 1.63. The van der Waals surface area contributed by atoms with E-state index in [1.165, 1.54) is 0 Å². The molecule has 0 bridgehead atoms. The number of carbonyl (C=O) groups excluding carboxylic acids is 1. The smallest absolute Gasteiger partial charge is 0.159 e. The maximum atomic E-state index is 11.3. The number of anilines is 1. The van der Waals surface area contributed by atoms with Crippen LogP contribution in [-0.2, 0) is 0 Å². The summed E-state index contributed by atoms with van der Waals surface area (Å²) in [5.74, 6) is 0.0289. The summed E-state index contributed by atoms with van der Waals surface area (Å²) in [6.07, 6.45) is 0. The van der Waals surface area contributed by atoms with E-state index < -0.39 is 0 Å². The maximum Gasteiger partial charge on any atom is 0.159 e. The molecule has 0 aromatic heterocycles. The number of hydrogen-bond donors (Lipinski definition) is 1. The summed E-state index contributed by atoms with van der Waals surface area (Å²) in [7, 11) is 0. The lowest BCUT2D eigenvalue weighted by molar-refractivity contribution is 0.101. The van der Waals surface area contributed by atoms with Gasteiger partial charge >= 0.3 is 0 Å². The molecular weight excluding hydrogens is 264 g/mol. The SMILES string of the molecule is CC(=O)c1ccc(N2CCN(CCO)CC2)c(Cl)c1. The number of nitrogens with zero attached hydrogens (tertiary/aromatic N) is 2. The minimum atomic E-state index is 0.0289. The van der Waals surface area contributed by atoms with E-state index in [1.54, 1.807) is 13.0 Å². The number of piperazine rings is 1. The highest BCUT2D eigenvalue weighted by molar-refractivity contribution is 6.33. The number of β-amino-alcohol motifs (C(OH)–C–C–N with tert-alkyl or cyclic N) is 1. The predicted molar refractivity (Wildman–Crippen MR) is 77.2 cm³/mol. The minimum absolute atomic E-state index is 0.0289. The van der Waals surface area contributed by atoms with E-state index in [9.17, 15) is 4.79 Å². The molecule has 1 aromatic rings. The molecule has 1 aromatic carbocycles. The molecule has 0 aliphatic carbocycles. The number of hydrogen-bond acceptors (Lipinski definition) is 4. The topological polar surface area (TPSA) is 43.8 Å². The Labute approximate surface area is 118 Å². The Kier molecular flexibility index (Phi) is 4.80. The predicted octanol–water partition coefficient (Wildman–Crippen LogP) is 1.66. The molecule has 1 fully saturated rings. The van der Waals surface area contributed by atoms with E-state index in [0.717, 1.165) is 38.4 Å². The molecule has 1 aliphatic rings. The third kappa shape index (κ3) is 3.47. The van der Waals surface area contributed by atoms with Gasteiger partial charge in [0.25, 0.3) is 0 Å². The first kappa shape index (κ1) is 14.3. The van der Waals surface area contributed by atoms with Crippen LogP contribution in [0.5, 0.6) is 0 Å². The molecule has 1 saturated heterocycles. The van der Waals surface area contributed by atoms with Gasteiger partial charge < -0.3 is 10.0 Å². The average molecular weight is 283 g/mol. The second-order valence-corrected chi connectivity index (χ2v) is 5.18. The Morgan fingerprint density at radius 3 is 2.53 bits per heavy atom. The molecule has 2 rings (SSSR count). The maximum absolute atomic E-state index is 11.3. The van der Waals surface area contributed by atoms with Crippen LogP contribution in [0.25, 0.3) is 0 Å². The van der Waals surface area contributed by atoms with E-state index >= 15 is 0 Å². The number of aliphatic hydroxyl groups excluding tert-OH is 1. The van der Waals surface area contributed by atoms with Gasteiger partial charge in [-0.05, 0) is 25.1 Å². The molecule has 0 radical (unpaired) electrons. The van der Waals surface area contributed by atoms with Gasteiger partial charge in [-0.3, -0.25) is 9.69 Å². The second kappa shape index (κ2) is 6.37. The number of aliphatic hydroxyl groups is 1. The molecular formula is C14H19ClN2O2. The van der Waals surface area contributed by atoms with Crippen LogP contribution < -0.4 is 4.90 Å². The van der Waals surface area contributed by atoms with Crippen molar-refractivity contribution in [2.24, 2.45) is 0 Å². The van der Waals surface area contributed by atoms with Crippen LogP contribution >= 0.6 is 11.6 Å². The van der Waals surface area contributed by atoms with Crippen molar-refractivity contribution in [3.05, 3.63) is 28.8 Å². The van der Waals surface area contributed by atoms with Crippen LogP contribution in [0.15, 0.2) is 18.2 Å². The molecule has 1 heterocycles. The summed E-state index contributed by atoms with van der Waals surface area (Å²) in [6.45, 7) is 6.09. The van der Waals surface area contributed by atoms with Crippen molar-refractivity contribution in [3.63, 3.8) is 0 Å². The molecule has 1 N–H and O–H groups in total. The fourth-order valence-corrected chi connectivity index (χ4v) is 2.64. The number of carbonyl (C=O) groups is 1. The molecule has 0 atom stereocenters. The van der Waals surface area contributed by atoms with E-state index in [4.69, 9.17) is 16.7 Å². The third-order valence-corrected chi connectivity index (χ3v) is 3.79. The van der Waals surface area contributed by atoms with Crippen LogP contribution in [0.4, 0.5) is 5.69 Å². The zero-order chi connectivity index (χ0) is 13.8. The van der Waals surface area contributed by atoms with Crippen LogP contribution in [-0.4, -0.2) is 55.1 Å². The Balaban J connectivity index is 2.05. The zero-order valence-corrected chi connectivity index (χ0v) is 11.9. The van der Waals surface area contributed by atoms with E-state index in [-0.39, 0.29) is 12.4 Å². The molecule has 0 amide bonds. The van der Waals surface area contributed by atoms with Gasteiger partial charge in [0.2, 0.25) is 0 Å². The molecule has 104 valence electrons. The summed E-state index contributed by atoms with van der Waals surface area (Å²) in [5, 5.41) is 9.55. The van der Waals surface area contributed by atoms with Gasteiger partial charge in [0.05, 0.1) is 17.3 Å². The van der Waals surface area contributed by atoms with Gasteiger partial charge in [0.1, 0.15) is 0 Å². The Morgan fingerprint density at radius 2 is 2.00 bits per heavy atom. The molecule has 5 heteroatoms. The van der Waals surface area contributed by atoms with Gasteiger partial charge in [0.15, 0.2) is 5.78 Å². The van der Waals surface area contributed by atoms with Crippen molar-refractivity contribution in [3.8, 4) is 0 Å². The fraction of sp³-hybridized carbons (Fsp3) is 0.500. The summed E-state index contributed by atoms with van der Waals surface area (Å²) < 4.78 is 0. The average Bonchev–Trinajstić information content (AvgIpc) is 2.40. The second-order valence-electron chi connectivity index (χ2n) is 4.77. The van der Waals surface area contributed by atoms with Crippen molar-refractivity contribution in [2.75, 3.05) is 44.2 Å². The standard InChI is InChI=1S/C14H19ClN2O2/c1-11(19)12-2-3-14(13(15)10-12)17-6-4-16(5-7-17)8-9-18/h2-3,10,18H,4-9H2,1H3. The van der Waals surface area contributed by atoms with Gasteiger partial charge in [-0.15, -0.1) is 0 Å². The first-order chi connectivity index (χ1) is 9.11. The van der Waals surface area contributed by atoms with Crippen molar-refractivity contribution < 1.29 is 9.90 Å². The Bertz CT molecular complexity index is 457. The van der Waals surface area contributed by atoms with Crippen LogP contribution in [0.2, 0.25) is 5.02 Å². The van der Waals surface area contributed by atoms with Gasteiger partial charge in [-0.1, -0.05) is 11.6 Å². The van der Waals surface area contributed by atoms with Crippen LogP contribution in [0.1, 0.15) is 17.3 Å². The highest BCUT2D eigenvalue weighted by atomic mass is 35.5. The van der Waals surface area contributed by atoms with Crippen LogP contribution in [0, 0.1) is 0 Å².